The summed E-state index contributed by atoms with van der Waals surface area (Å²) < 4.78 is 0. The van der Waals surface area contributed by atoms with Crippen LogP contribution in [0.1, 0.15) is 39.5 Å². The number of piperidine rings is 1. The third-order valence-corrected chi connectivity index (χ3v) is 3.47. The van der Waals surface area contributed by atoms with Crippen molar-refractivity contribution in [3.63, 3.8) is 0 Å². The van der Waals surface area contributed by atoms with Gasteiger partial charge in [-0.15, -0.1) is 0 Å². The van der Waals surface area contributed by atoms with E-state index in [1.807, 2.05) is 0 Å². The normalized spacial score (nSPS) is 27.2. The van der Waals surface area contributed by atoms with Gasteiger partial charge in [0.2, 0.25) is 0 Å². The highest BCUT2D eigenvalue weighted by molar-refractivity contribution is 4.83. The molecule has 2 unspecified atom stereocenters. The van der Waals surface area contributed by atoms with E-state index in [1.165, 1.54) is 38.9 Å². The second-order valence-corrected chi connectivity index (χ2v) is 4.98. The second-order valence-electron chi connectivity index (χ2n) is 4.98. The maximum absolute atomic E-state index is 9.06. The van der Waals surface area contributed by atoms with Gasteiger partial charge in [0, 0.05) is 25.7 Å². The molecule has 1 rings (SSSR count). The van der Waals surface area contributed by atoms with E-state index in [-0.39, 0.29) is 0 Å². The Morgan fingerprint density at radius 3 is 2.75 bits per heavy atom. The summed E-state index contributed by atoms with van der Waals surface area (Å²) in [6.07, 6.45) is 4.76. The molecule has 96 valence electrons. The molecular weight excluding hydrogens is 200 g/mol. The number of likely N-dealkylation sites (tertiary alicyclic amines) is 1. The molecule has 2 atom stereocenters. The lowest BCUT2D eigenvalue weighted by Gasteiger charge is -2.38. The first kappa shape index (κ1) is 13.9. The average Bonchev–Trinajstić information content (AvgIpc) is 2.27. The topological polar surface area (TPSA) is 35.5 Å². The maximum atomic E-state index is 9.06. The van der Waals surface area contributed by atoms with Gasteiger partial charge in [-0.05, 0) is 38.3 Å². The standard InChI is InChI=1S/C13H28N2O/c1-3-5-7-15-10-12(6-8-16)9-13(11-15)14-4-2/h12-14,16H,3-11H2,1-2H3. The Morgan fingerprint density at radius 2 is 2.12 bits per heavy atom. The molecule has 1 fully saturated rings. The van der Waals surface area contributed by atoms with Crippen LogP contribution in [0.25, 0.3) is 0 Å². The molecule has 16 heavy (non-hydrogen) atoms. The number of hydrogen-bond donors (Lipinski definition) is 2. The first-order valence-corrected chi connectivity index (χ1v) is 6.86. The third-order valence-electron chi connectivity index (χ3n) is 3.47. The number of aliphatic hydroxyl groups excluding tert-OH is 1. The molecule has 3 heteroatoms. The van der Waals surface area contributed by atoms with Crippen LogP contribution in [0.5, 0.6) is 0 Å². The first-order chi connectivity index (χ1) is 7.80. The van der Waals surface area contributed by atoms with E-state index >= 15 is 0 Å². The van der Waals surface area contributed by atoms with E-state index in [2.05, 4.69) is 24.1 Å². The van der Waals surface area contributed by atoms with Crippen LogP contribution in [0.15, 0.2) is 0 Å². The lowest BCUT2D eigenvalue weighted by molar-refractivity contribution is 0.120. The summed E-state index contributed by atoms with van der Waals surface area (Å²) in [6.45, 7) is 9.41. The summed E-state index contributed by atoms with van der Waals surface area (Å²) in [7, 11) is 0. The number of nitrogens with zero attached hydrogens (tertiary/aromatic N) is 1. The minimum atomic E-state index is 0.338. The summed E-state index contributed by atoms with van der Waals surface area (Å²) >= 11 is 0. The molecule has 0 spiro atoms. The molecule has 0 aromatic rings. The van der Waals surface area contributed by atoms with Crippen molar-refractivity contribution < 1.29 is 5.11 Å². The Balaban J connectivity index is 2.38. The molecule has 0 aromatic heterocycles. The zero-order valence-electron chi connectivity index (χ0n) is 10.9. The van der Waals surface area contributed by atoms with Gasteiger partial charge in [-0.2, -0.15) is 0 Å². The molecule has 3 nitrogen and oxygen atoms in total. The van der Waals surface area contributed by atoms with Gasteiger partial charge in [-0.25, -0.2) is 0 Å². The number of aliphatic hydroxyl groups is 1. The number of nitrogens with one attached hydrogen (secondary N) is 1. The maximum Gasteiger partial charge on any atom is 0.0434 e. The predicted octanol–water partition coefficient (Wildman–Crippen LogP) is 1.47. The van der Waals surface area contributed by atoms with E-state index in [4.69, 9.17) is 5.11 Å². The van der Waals surface area contributed by atoms with Crippen molar-refractivity contribution in [2.45, 2.75) is 45.6 Å². The lowest BCUT2D eigenvalue weighted by Crippen LogP contribution is -2.49. The molecule has 0 aliphatic carbocycles. The van der Waals surface area contributed by atoms with Crippen LogP contribution < -0.4 is 5.32 Å². The summed E-state index contributed by atoms with van der Waals surface area (Å²) in [5.74, 6) is 0.680. The summed E-state index contributed by atoms with van der Waals surface area (Å²) in [5, 5.41) is 12.6. The molecule has 1 aliphatic rings. The van der Waals surface area contributed by atoms with Gasteiger partial charge < -0.3 is 15.3 Å². The second kappa shape index (κ2) is 8.04. The SMILES string of the molecule is CCCCN1CC(CCO)CC(NCC)C1. The highest BCUT2D eigenvalue weighted by Gasteiger charge is 2.25. The summed E-state index contributed by atoms with van der Waals surface area (Å²) in [4.78, 5) is 2.57. The van der Waals surface area contributed by atoms with Crippen LogP contribution in [0, 0.1) is 5.92 Å². The fraction of sp³-hybridized carbons (Fsp3) is 1.00. The number of rotatable bonds is 7. The summed E-state index contributed by atoms with van der Waals surface area (Å²) in [5.41, 5.74) is 0. The van der Waals surface area contributed by atoms with Crippen LogP contribution >= 0.6 is 0 Å². The Bertz CT molecular complexity index is 161. The number of hydrogen-bond acceptors (Lipinski definition) is 3. The molecular formula is C13H28N2O. The van der Waals surface area contributed by atoms with Crippen molar-refractivity contribution in [2.24, 2.45) is 5.92 Å². The number of likely N-dealkylation sites (N-methyl/N-ethyl adjacent to an activating group) is 1. The van der Waals surface area contributed by atoms with Gasteiger partial charge in [0.25, 0.3) is 0 Å². The fourth-order valence-electron chi connectivity index (χ4n) is 2.70. The Morgan fingerprint density at radius 1 is 1.31 bits per heavy atom. The van der Waals surface area contributed by atoms with Crippen molar-refractivity contribution in [3.05, 3.63) is 0 Å². The Labute approximate surface area is 100 Å². The van der Waals surface area contributed by atoms with E-state index in [0.29, 0.717) is 18.6 Å². The minimum absolute atomic E-state index is 0.338. The molecule has 0 aromatic carbocycles. The molecule has 1 heterocycles. The Hall–Kier alpha value is -0.120. The Kier molecular flexibility index (Phi) is 7.01. The van der Waals surface area contributed by atoms with Crippen molar-refractivity contribution in [1.29, 1.82) is 0 Å². The van der Waals surface area contributed by atoms with Crippen LogP contribution in [0.2, 0.25) is 0 Å². The van der Waals surface area contributed by atoms with Gasteiger partial charge in [0.1, 0.15) is 0 Å². The van der Waals surface area contributed by atoms with E-state index in [9.17, 15) is 0 Å². The zero-order chi connectivity index (χ0) is 11.8. The molecule has 2 N–H and O–H groups in total. The first-order valence-electron chi connectivity index (χ1n) is 6.86. The molecule has 0 saturated carbocycles. The highest BCUT2D eigenvalue weighted by Crippen LogP contribution is 2.20. The minimum Gasteiger partial charge on any atom is -0.396 e. The lowest BCUT2D eigenvalue weighted by atomic mass is 9.91. The molecule has 0 amide bonds. The van der Waals surface area contributed by atoms with Crippen LogP contribution in [-0.2, 0) is 0 Å². The van der Waals surface area contributed by atoms with E-state index in [0.717, 1.165) is 13.0 Å². The largest absolute Gasteiger partial charge is 0.396 e. The summed E-state index contributed by atoms with van der Waals surface area (Å²) in [6, 6.07) is 0.632. The van der Waals surface area contributed by atoms with Crippen molar-refractivity contribution in [1.82, 2.24) is 10.2 Å². The van der Waals surface area contributed by atoms with Gasteiger partial charge in [0.05, 0.1) is 0 Å². The zero-order valence-corrected chi connectivity index (χ0v) is 10.9. The van der Waals surface area contributed by atoms with E-state index in [1.54, 1.807) is 0 Å². The molecule has 0 radical (unpaired) electrons. The van der Waals surface area contributed by atoms with Crippen LogP contribution in [0.4, 0.5) is 0 Å². The average molecular weight is 228 g/mol. The van der Waals surface area contributed by atoms with Crippen LogP contribution in [-0.4, -0.2) is 48.8 Å². The molecule has 1 saturated heterocycles. The van der Waals surface area contributed by atoms with Gasteiger partial charge in [-0.3, -0.25) is 0 Å². The molecule has 1 aliphatic heterocycles. The van der Waals surface area contributed by atoms with Crippen molar-refractivity contribution in [2.75, 3.05) is 32.8 Å². The predicted molar refractivity (Wildman–Crippen MR) is 68.6 cm³/mol. The monoisotopic (exact) mass is 228 g/mol. The van der Waals surface area contributed by atoms with Gasteiger partial charge in [0.15, 0.2) is 0 Å². The van der Waals surface area contributed by atoms with Crippen molar-refractivity contribution in [3.8, 4) is 0 Å². The van der Waals surface area contributed by atoms with Crippen LogP contribution in [0.3, 0.4) is 0 Å². The smallest absolute Gasteiger partial charge is 0.0434 e. The quantitative estimate of drug-likeness (QED) is 0.692. The highest BCUT2D eigenvalue weighted by atomic mass is 16.3. The number of unbranched alkanes of at least 4 members (excludes halogenated alkanes) is 1. The van der Waals surface area contributed by atoms with Gasteiger partial charge in [-0.1, -0.05) is 20.3 Å². The van der Waals surface area contributed by atoms with Gasteiger partial charge >= 0.3 is 0 Å². The third kappa shape index (κ3) is 4.81. The van der Waals surface area contributed by atoms with Crippen molar-refractivity contribution >= 4 is 0 Å². The van der Waals surface area contributed by atoms with E-state index < -0.39 is 0 Å². The fourth-order valence-corrected chi connectivity index (χ4v) is 2.70. The molecule has 0 bridgehead atoms.